The van der Waals surface area contributed by atoms with Crippen LogP contribution in [0.15, 0.2) is 30.3 Å². The molecule has 7 nitrogen and oxygen atoms in total. The summed E-state index contributed by atoms with van der Waals surface area (Å²) in [4.78, 5) is 9.03. The van der Waals surface area contributed by atoms with E-state index in [2.05, 4.69) is 15.3 Å². The molecule has 1 aromatic heterocycles. The Labute approximate surface area is 195 Å². The standard InChI is InChI=1S/C24H27F3N4O3/c1-4-18-12-32-5-6-33-21-10-19-20(11-22(21)34-18)30-14(3)31-23(19)29-13(2)15-7-16(24(25,26)27)9-17(28)8-15/h7-11,13,18H,4-6,12,28H2,1-3H3,(H,29,30,31). The second kappa shape index (κ2) is 9.54. The topological polar surface area (TPSA) is 91.5 Å². The molecular formula is C24H27F3N4O3. The van der Waals surface area contributed by atoms with Gasteiger partial charge in [-0.2, -0.15) is 13.2 Å². The van der Waals surface area contributed by atoms with Gasteiger partial charge in [0.1, 0.15) is 24.4 Å². The molecule has 1 aliphatic rings. The van der Waals surface area contributed by atoms with Crippen molar-refractivity contribution in [1.82, 2.24) is 9.97 Å². The quantitative estimate of drug-likeness (QED) is 0.495. The molecule has 182 valence electrons. The molecular weight excluding hydrogens is 449 g/mol. The van der Waals surface area contributed by atoms with Gasteiger partial charge in [0.05, 0.1) is 30.3 Å². The van der Waals surface area contributed by atoms with Gasteiger partial charge in [0.15, 0.2) is 11.5 Å². The molecule has 2 heterocycles. The van der Waals surface area contributed by atoms with Crippen molar-refractivity contribution in [1.29, 1.82) is 0 Å². The molecule has 2 aromatic carbocycles. The molecule has 0 saturated heterocycles. The van der Waals surface area contributed by atoms with E-state index in [1.807, 2.05) is 6.92 Å². The molecule has 0 bridgehead atoms. The van der Waals surface area contributed by atoms with Gasteiger partial charge in [-0.05, 0) is 50.1 Å². The zero-order chi connectivity index (χ0) is 24.5. The van der Waals surface area contributed by atoms with E-state index in [1.54, 1.807) is 26.0 Å². The van der Waals surface area contributed by atoms with Crippen LogP contribution in [-0.2, 0) is 10.9 Å². The van der Waals surface area contributed by atoms with Crippen LogP contribution in [0.5, 0.6) is 11.5 Å². The monoisotopic (exact) mass is 476 g/mol. The maximum Gasteiger partial charge on any atom is 0.416 e. The smallest absolute Gasteiger partial charge is 0.416 e. The molecule has 0 spiro atoms. The van der Waals surface area contributed by atoms with Gasteiger partial charge < -0.3 is 25.3 Å². The number of rotatable bonds is 4. The summed E-state index contributed by atoms with van der Waals surface area (Å²) in [6, 6.07) is 6.60. The second-order valence-electron chi connectivity index (χ2n) is 8.26. The minimum Gasteiger partial charge on any atom is -0.487 e. The highest BCUT2D eigenvalue weighted by Crippen LogP contribution is 2.37. The van der Waals surface area contributed by atoms with Crippen LogP contribution < -0.4 is 20.5 Å². The third kappa shape index (κ3) is 5.27. The first kappa shape index (κ1) is 23.9. The molecule has 10 heteroatoms. The molecule has 0 saturated carbocycles. The summed E-state index contributed by atoms with van der Waals surface area (Å²) in [7, 11) is 0. The number of hydrogen-bond acceptors (Lipinski definition) is 7. The number of ether oxygens (including phenoxy) is 3. The lowest BCUT2D eigenvalue weighted by atomic mass is 10.0. The Kier molecular flexibility index (Phi) is 6.70. The van der Waals surface area contributed by atoms with E-state index in [0.29, 0.717) is 59.4 Å². The molecule has 2 unspecified atom stereocenters. The van der Waals surface area contributed by atoms with Crippen molar-refractivity contribution in [3.63, 3.8) is 0 Å². The minimum atomic E-state index is -4.49. The summed E-state index contributed by atoms with van der Waals surface area (Å²) < 4.78 is 57.4. The number of nitrogens with two attached hydrogens (primary N) is 1. The van der Waals surface area contributed by atoms with E-state index in [-0.39, 0.29) is 11.8 Å². The molecule has 0 aliphatic carbocycles. The number of nitrogen functional groups attached to an aromatic ring is 1. The van der Waals surface area contributed by atoms with Crippen molar-refractivity contribution < 1.29 is 27.4 Å². The number of benzene rings is 2. The van der Waals surface area contributed by atoms with Gasteiger partial charge in [-0.25, -0.2) is 9.97 Å². The van der Waals surface area contributed by atoms with Crippen molar-refractivity contribution in [2.24, 2.45) is 0 Å². The summed E-state index contributed by atoms with van der Waals surface area (Å²) in [5.41, 5.74) is 6.01. The number of alkyl halides is 3. The number of aromatic nitrogens is 2. The van der Waals surface area contributed by atoms with Crippen molar-refractivity contribution in [2.45, 2.75) is 45.5 Å². The third-order valence-corrected chi connectivity index (χ3v) is 5.57. The Hall–Kier alpha value is -3.27. The molecule has 3 N–H and O–H groups in total. The molecule has 0 amide bonds. The molecule has 0 fully saturated rings. The first-order chi connectivity index (χ1) is 16.1. The Morgan fingerprint density at radius 2 is 1.91 bits per heavy atom. The number of nitrogens with zero attached hydrogens (tertiary/aromatic N) is 2. The van der Waals surface area contributed by atoms with E-state index in [1.165, 1.54) is 6.07 Å². The average molecular weight is 476 g/mol. The highest BCUT2D eigenvalue weighted by molar-refractivity contribution is 5.92. The van der Waals surface area contributed by atoms with Gasteiger partial charge in [0.2, 0.25) is 0 Å². The Morgan fingerprint density at radius 1 is 1.12 bits per heavy atom. The van der Waals surface area contributed by atoms with Crippen molar-refractivity contribution in [3.8, 4) is 11.5 Å². The zero-order valence-corrected chi connectivity index (χ0v) is 19.2. The van der Waals surface area contributed by atoms with Crippen LogP contribution >= 0.6 is 0 Å². The van der Waals surface area contributed by atoms with Gasteiger partial charge in [0, 0.05) is 17.1 Å². The summed E-state index contributed by atoms with van der Waals surface area (Å²) in [5, 5.41) is 3.88. The Morgan fingerprint density at radius 3 is 2.65 bits per heavy atom. The maximum atomic E-state index is 13.3. The largest absolute Gasteiger partial charge is 0.487 e. The van der Waals surface area contributed by atoms with E-state index >= 15 is 0 Å². The summed E-state index contributed by atoms with van der Waals surface area (Å²) >= 11 is 0. The minimum absolute atomic E-state index is 0.0397. The van der Waals surface area contributed by atoms with Crippen LogP contribution in [0.1, 0.15) is 43.3 Å². The maximum absolute atomic E-state index is 13.3. The van der Waals surface area contributed by atoms with Crippen LogP contribution in [0.3, 0.4) is 0 Å². The number of fused-ring (bicyclic) bond motifs is 2. The lowest BCUT2D eigenvalue weighted by molar-refractivity contribution is -0.137. The normalized spacial score (nSPS) is 17.5. The predicted molar refractivity (Wildman–Crippen MR) is 123 cm³/mol. The fraction of sp³-hybridized carbons (Fsp3) is 0.417. The van der Waals surface area contributed by atoms with Crippen molar-refractivity contribution >= 4 is 22.4 Å². The lowest BCUT2D eigenvalue weighted by Gasteiger charge is -2.20. The molecule has 0 radical (unpaired) electrons. The fourth-order valence-electron chi connectivity index (χ4n) is 3.79. The van der Waals surface area contributed by atoms with E-state index < -0.39 is 17.8 Å². The van der Waals surface area contributed by atoms with Crippen LogP contribution in [0.4, 0.5) is 24.7 Å². The van der Waals surface area contributed by atoms with Crippen LogP contribution in [0.2, 0.25) is 0 Å². The molecule has 2 atom stereocenters. The van der Waals surface area contributed by atoms with Crippen LogP contribution in [-0.4, -0.2) is 35.9 Å². The highest BCUT2D eigenvalue weighted by Gasteiger charge is 2.31. The van der Waals surface area contributed by atoms with Crippen molar-refractivity contribution in [2.75, 3.05) is 30.9 Å². The summed E-state index contributed by atoms with van der Waals surface area (Å²) in [6.07, 6.45) is -3.84. The van der Waals surface area contributed by atoms with Gasteiger partial charge in [-0.15, -0.1) is 0 Å². The van der Waals surface area contributed by atoms with Crippen LogP contribution in [0, 0.1) is 6.92 Å². The van der Waals surface area contributed by atoms with Gasteiger partial charge in [0.25, 0.3) is 0 Å². The first-order valence-electron chi connectivity index (χ1n) is 11.1. The Bertz CT molecular complexity index is 1190. The molecule has 4 rings (SSSR count). The van der Waals surface area contributed by atoms with Gasteiger partial charge >= 0.3 is 6.18 Å². The van der Waals surface area contributed by atoms with Crippen LogP contribution in [0.25, 0.3) is 10.9 Å². The average Bonchev–Trinajstić information content (AvgIpc) is 2.86. The third-order valence-electron chi connectivity index (χ3n) is 5.57. The highest BCUT2D eigenvalue weighted by atomic mass is 19.4. The van der Waals surface area contributed by atoms with E-state index in [9.17, 15) is 13.2 Å². The Balaban J connectivity index is 1.73. The number of nitrogens with one attached hydrogen (secondary N) is 1. The summed E-state index contributed by atoms with van der Waals surface area (Å²) in [5.74, 6) is 2.07. The lowest BCUT2D eigenvalue weighted by Crippen LogP contribution is -2.22. The number of halogens is 3. The van der Waals surface area contributed by atoms with E-state index in [0.717, 1.165) is 18.6 Å². The first-order valence-corrected chi connectivity index (χ1v) is 11.1. The van der Waals surface area contributed by atoms with E-state index in [4.69, 9.17) is 19.9 Å². The zero-order valence-electron chi connectivity index (χ0n) is 19.2. The SMILES string of the molecule is CCC1COCCOc2cc3c(NC(C)c4cc(N)cc(C(F)(F)F)c4)nc(C)nc3cc2O1. The predicted octanol–water partition coefficient (Wildman–Crippen LogP) is 5.28. The second-order valence-corrected chi connectivity index (χ2v) is 8.26. The summed E-state index contributed by atoms with van der Waals surface area (Å²) in [6.45, 7) is 6.76. The number of hydrogen-bond donors (Lipinski definition) is 2. The fourth-order valence-corrected chi connectivity index (χ4v) is 3.79. The molecule has 1 aliphatic heterocycles. The molecule has 3 aromatic rings. The van der Waals surface area contributed by atoms with Gasteiger partial charge in [-0.3, -0.25) is 0 Å². The van der Waals surface area contributed by atoms with Gasteiger partial charge in [-0.1, -0.05) is 6.92 Å². The molecule has 34 heavy (non-hydrogen) atoms. The number of aryl methyl sites for hydroxylation is 1. The van der Waals surface area contributed by atoms with Crippen molar-refractivity contribution in [3.05, 3.63) is 47.3 Å². The number of anilines is 2.